The molecule has 0 atom stereocenters. The molecule has 0 aliphatic carbocycles. The Balaban J connectivity index is 1.17. The van der Waals surface area contributed by atoms with Gasteiger partial charge in [0.15, 0.2) is 0 Å². The molecule has 0 fully saturated rings. The lowest BCUT2D eigenvalue weighted by atomic mass is 9.92. The fourth-order valence-electron chi connectivity index (χ4n) is 6.25. The molecular weight excluding hydrogens is 609 g/mol. The minimum absolute atomic E-state index is 0.708. The molecule has 8 aromatic carbocycles. The average Bonchev–Trinajstić information content (AvgIpc) is 3.19. The second kappa shape index (κ2) is 14.2. The highest BCUT2D eigenvalue weighted by molar-refractivity contribution is 5.83. The maximum atomic E-state index is 6.30. The normalized spacial score (nSPS) is 10.8. The maximum absolute atomic E-state index is 6.30. The number of para-hydroxylation sites is 2. The van der Waals surface area contributed by atoms with E-state index in [0.29, 0.717) is 11.5 Å². The van der Waals surface area contributed by atoms with Crippen LogP contribution in [-0.4, -0.2) is 0 Å². The Kier molecular flexibility index (Phi) is 8.73. The van der Waals surface area contributed by atoms with Crippen LogP contribution in [-0.2, 0) is 0 Å². The van der Waals surface area contributed by atoms with Gasteiger partial charge >= 0.3 is 0 Å². The molecule has 2 heteroatoms. The van der Waals surface area contributed by atoms with Gasteiger partial charge in [0.05, 0.1) is 0 Å². The molecule has 0 bridgehead atoms. The van der Waals surface area contributed by atoms with E-state index < -0.39 is 0 Å². The van der Waals surface area contributed by atoms with Crippen molar-refractivity contribution in [1.29, 1.82) is 0 Å². The van der Waals surface area contributed by atoms with E-state index in [9.17, 15) is 0 Å². The van der Waals surface area contributed by atoms with Crippen molar-refractivity contribution in [1.82, 2.24) is 0 Å². The molecule has 0 unspecified atom stereocenters. The van der Waals surface area contributed by atoms with Crippen LogP contribution < -0.4 is 9.47 Å². The highest BCUT2D eigenvalue weighted by Crippen LogP contribution is 2.38. The molecule has 8 aromatic rings. The van der Waals surface area contributed by atoms with Crippen molar-refractivity contribution >= 4 is 0 Å². The van der Waals surface area contributed by atoms with Crippen molar-refractivity contribution in [3.8, 4) is 78.6 Å². The minimum atomic E-state index is 0.708. The molecule has 0 N–H and O–H groups in total. The van der Waals surface area contributed by atoms with Gasteiger partial charge in [-0.15, -0.1) is 0 Å². The fraction of sp³-hybridized carbons (Fsp3) is 0. The first-order valence-corrected chi connectivity index (χ1v) is 16.8. The van der Waals surface area contributed by atoms with Gasteiger partial charge in [-0.05, 0) is 122 Å². The van der Waals surface area contributed by atoms with Gasteiger partial charge in [-0.2, -0.15) is 0 Å². The molecule has 0 aromatic heterocycles. The van der Waals surface area contributed by atoms with E-state index in [4.69, 9.17) is 9.47 Å². The third-order valence-corrected chi connectivity index (χ3v) is 8.71. The average molecular weight is 643 g/mol. The Bertz CT molecular complexity index is 2230. The molecule has 0 saturated carbocycles. The Morgan fingerprint density at radius 2 is 0.460 bits per heavy atom. The second-order valence-corrected chi connectivity index (χ2v) is 12.2. The van der Waals surface area contributed by atoms with Gasteiger partial charge in [0, 0.05) is 6.07 Å². The summed E-state index contributed by atoms with van der Waals surface area (Å²) in [5, 5.41) is 0. The lowest BCUT2D eigenvalue weighted by molar-refractivity contribution is 0.461. The molecular formula is C48H34O2. The standard InChI is InChI=1S/C48H34O2/c1-5-15-35(16-6-1)41-29-42(36-17-7-2-8-18-36)31-43(30-41)39-21-13-19-37(27-39)38-20-14-22-40(28-38)44-32-47(49-45-23-9-3-10-24-45)34-48(33-44)50-46-25-11-4-12-26-46/h1-34H. The van der Waals surface area contributed by atoms with E-state index in [0.717, 1.165) is 33.8 Å². The minimum Gasteiger partial charge on any atom is -0.457 e. The Morgan fingerprint density at radius 3 is 0.860 bits per heavy atom. The van der Waals surface area contributed by atoms with E-state index in [2.05, 4.69) is 140 Å². The van der Waals surface area contributed by atoms with E-state index in [-0.39, 0.29) is 0 Å². The van der Waals surface area contributed by atoms with Gasteiger partial charge < -0.3 is 9.47 Å². The molecule has 2 nitrogen and oxygen atoms in total. The van der Waals surface area contributed by atoms with Crippen LogP contribution in [0.2, 0.25) is 0 Å². The summed E-state index contributed by atoms with van der Waals surface area (Å²) in [5.41, 5.74) is 11.5. The number of hydrogen-bond donors (Lipinski definition) is 0. The summed E-state index contributed by atoms with van der Waals surface area (Å²) in [4.78, 5) is 0. The molecule has 0 saturated heterocycles. The summed E-state index contributed by atoms with van der Waals surface area (Å²) in [5.74, 6) is 2.96. The topological polar surface area (TPSA) is 18.5 Å². The van der Waals surface area contributed by atoms with Crippen LogP contribution in [0.5, 0.6) is 23.0 Å². The second-order valence-electron chi connectivity index (χ2n) is 12.2. The third-order valence-electron chi connectivity index (χ3n) is 8.71. The summed E-state index contributed by atoms with van der Waals surface area (Å²) in [6, 6.07) is 71.3. The first-order valence-electron chi connectivity index (χ1n) is 16.8. The Labute approximate surface area is 293 Å². The number of rotatable bonds is 9. The molecule has 0 aliphatic rings. The van der Waals surface area contributed by atoms with Gasteiger partial charge in [-0.1, -0.05) is 133 Å². The van der Waals surface area contributed by atoms with Crippen LogP contribution in [0, 0.1) is 0 Å². The molecule has 0 heterocycles. The molecule has 50 heavy (non-hydrogen) atoms. The van der Waals surface area contributed by atoms with Gasteiger partial charge in [0.1, 0.15) is 23.0 Å². The zero-order chi connectivity index (χ0) is 33.5. The summed E-state index contributed by atoms with van der Waals surface area (Å²) in [6.07, 6.45) is 0. The Morgan fingerprint density at radius 1 is 0.180 bits per heavy atom. The lowest BCUT2D eigenvalue weighted by Gasteiger charge is -2.14. The summed E-state index contributed by atoms with van der Waals surface area (Å²) in [6.45, 7) is 0. The number of benzene rings is 8. The van der Waals surface area contributed by atoms with Crippen LogP contribution in [0.15, 0.2) is 206 Å². The molecule has 0 amide bonds. The fourth-order valence-corrected chi connectivity index (χ4v) is 6.25. The SMILES string of the molecule is c1ccc(Oc2cc(Oc3ccccc3)cc(-c3cccc(-c4cccc(-c5cc(-c6ccccc6)cc(-c6ccccc6)c5)c4)c3)c2)cc1. The quantitative estimate of drug-likeness (QED) is 0.156. The van der Waals surface area contributed by atoms with Crippen molar-refractivity contribution in [2.24, 2.45) is 0 Å². The van der Waals surface area contributed by atoms with Crippen molar-refractivity contribution in [2.75, 3.05) is 0 Å². The molecule has 0 spiro atoms. The molecule has 0 radical (unpaired) electrons. The predicted octanol–water partition coefficient (Wildman–Crippen LogP) is 13.6. The van der Waals surface area contributed by atoms with Crippen LogP contribution in [0.3, 0.4) is 0 Å². The van der Waals surface area contributed by atoms with Crippen LogP contribution in [0.25, 0.3) is 55.6 Å². The predicted molar refractivity (Wildman–Crippen MR) is 207 cm³/mol. The number of hydrogen-bond acceptors (Lipinski definition) is 2. The van der Waals surface area contributed by atoms with E-state index in [1.807, 2.05) is 66.7 Å². The van der Waals surface area contributed by atoms with Gasteiger partial charge in [-0.3, -0.25) is 0 Å². The zero-order valence-electron chi connectivity index (χ0n) is 27.4. The molecule has 8 rings (SSSR count). The van der Waals surface area contributed by atoms with Crippen molar-refractivity contribution in [3.63, 3.8) is 0 Å². The van der Waals surface area contributed by atoms with E-state index in [1.165, 1.54) is 33.4 Å². The number of ether oxygens (including phenoxy) is 2. The van der Waals surface area contributed by atoms with E-state index >= 15 is 0 Å². The summed E-state index contributed by atoms with van der Waals surface area (Å²) >= 11 is 0. The van der Waals surface area contributed by atoms with Gasteiger partial charge in [0.25, 0.3) is 0 Å². The van der Waals surface area contributed by atoms with Crippen molar-refractivity contribution in [2.45, 2.75) is 0 Å². The zero-order valence-corrected chi connectivity index (χ0v) is 27.4. The van der Waals surface area contributed by atoms with Gasteiger partial charge in [0.2, 0.25) is 0 Å². The lowest BCUT2D eigenvalue weighted by Crippen LogP contribution is -1.90. The monoisotopic (exact) mass is 642 g/mol. The van der Waals surface area contributed by atoms with E-state index in [1.54, 1.807) is 0 Å². The highest BCUT2D eigenvalue weighted by Gasteiger charge is 2.11. The van der Waals surface area contributed by atoms with Crippen LogP contribution in [0.4, 0.5) is 0 Å². The Hall–Kier alpha value is -6.64. The summed E-state index contributed by atoms with van der Waals surface area (Å²) in [7, 11) is 0. The first kappa shape index (κ1) is 30.7. The third kappa shape index (κ3) is 7.11. The van der Waals surface area contributed by atoms with Gasteiger partial charge in [-0.25, -0.2) is 0 Å². The van der Waals surface area contributed by atoms with Crippen LogP contribution in [0.1, 0.15) is 0 Å². The molecule has 238 valence electrons. The smallest absolute Gasteiger partial charge is 0.131 e. The largest absolute Gasteiger partial charge is 0.457 e. The van der Waals surface area contributed by atoms with Crippen molar-refractivity contribution in [3.05, 3.63) is 206 Å². The summed E-state index contributed by atoms with van der Waals surface area (Å²) < 4.78 is 12.6. The first-order chi connectivity index (χ1) is 24.7. The van der Waals surface area contributed by atoms with Crippen LogP contribution >= 0.6 is 0 Å². The van der Waals surface area contributed by atoms with Crippen molar-refractivity contribution < 1.29 is 9.47 Å². The maximum Gasteiger partial charge on any atom is 0.131 e. The molecule has 0 aliphatic heterocycles. The highest BCUT2D eigenvalue weighted by atomic mass is 16.5.